The number of nitrogens with one attached hydrogen (secondary N) is 1. The Morgan fingerprint density at radius 1 is 1.19 bits per heavy atom. The Morgan fingerprint density at radius 3 is 2.76 bits per heavy atom. The van der Waals surface area contributed by atoms with Crippen molar-refractivity contribution >= 4 is 5.82 Å². The van der Waals surface area contributed by atoms with Crippen LogP contribution in [-0.2, 0) is 6.54 Å². The highest BCUT2D eigenvalue weighted by Crippen LogP contribution is 2.23. The number of likely N-dealkylation sites (tertiary alicyclic amines) is 1. The predicted molar refractivity (Wildman–Crippen MR) is 85.5 cm³/mol. The Labute approximate surface area is 127 Å². The van der Waals surface area contributed by atoms with Gasteiger partial charge in [-0.1, -0.05) is 6.92 Å². The van der Waals surface area contributed by atoms with Crippen LogP contribution in [0.3, 0.4) is 0 Å². The fourth-order valence-corrected chi connectivity index (χ4v) is 3.35. The molecule has 5 nitrogen and oxygen atoms in total. The number of hydrogen-bond donors (Lipinski definition) is 1. The van der Waals surface area contributed by atoms with Gasteiger partial charge >= 0.3 is 0 Å². The highest BCUT2D eigenvalue weighted by atomic mass is 15.3. The lowest BCUT2D eigenvalue weighted by Gasteiger charge is -2.23. The second kappa shape index (κ2) is 7.18. The summed E-state index contributed by atoms with van der Waals surface area (Å²) in [6, 6.07) is 0.722. The summed E-state index contributed by atoms with van der Waals surface area (Å²) in [5, 5.41) is 3.36. The molecule has 1 unspecified atom stereocenters. The minimum Gasteiger partial charge on any atom is -0.354 e. The number of hydrogen-bond acceptors (Lipinski definition) is 5. The average molecular weight is 289 g/mol. The van der Waals surface area contributed by atoms with Crippen LogP contribution in [0.5, 0.6) is 0 Å². The smallest absolute Gasteiger partial charge is 0.147 e. The summed E-state index contributed by atoms with van der Waals surface area (Å²) in [6.07, 6.45) is 9.01. The fraction of sp³-hybridized carbons (Fsp3) is 0.750. The van der Waals surface area contributed by atoms with Gasteiger partial charge in [-0.15, -0.1) is 0 Å². The third-order valence-corrected chi connectivity index (χ3v) is 4.57. The van der Waals surface area contributed by atoms with Gasteiger partial charge in [-0.05, 0) is 45.3 Å². The molecule has 2 aliphatic heterocycles. The first-order valence-electron chi connectivity index (χ1n) is 8.37. The zero-order chi connectivity index (χ0) is 14.5. The van der Waals surface area contributed by atoms with Gasteiger partial charge in [0.1, 0.15) is 5.82 Å². The quantitative estimate of drug-likeness (QED) is 0.807. The van der Waals surface area contributed by atoms with Crippen LogP contribution in [-0.4, -0.2) is 53.6 Å². The zero-order valence-corrected chi connectivity index (χ0v) is 13.1. The van der Waals surface area contributed by atoms with Crippen molar-refractivity contribution in [1.82, 2.24) is 20.2 Å². The summed E-state index contributed by atoms with van der Waals surface area (Å²) in [5.74, 6) is 1.04. The number of rotatable bonds is 6. The first kappa shape index (κ1) is 14.7. The second-order valence-electron chi connectivity index (χ2n) is 6.17. The lowest BCUT2D eigenvalue weighted by atomic mass is 10.2. The van der Waals surface area contributed by atoms with E-state index < -0.39 is 0 Å². The Bertz CT molecular complexity index is 427. The standard InChI is InChI=1S/C16H27N5/c1-2-6-17-10-14-11-19-16(12-18-14)21-9-5-15(13-21)20-7-3-4-8-20/h11-12,15,17H,2-10,13H2,1H3. The highest BCUT2D eigenvalue weighted by Gasteiger charge is 2.29. The molecule has 5 heteroatoms. The molecule has 3 heterocycles. The van der Waals surface area contributed by atoms with E-state index in [-0.39, 0.29) is 0 Å². The monoisotopic (exact) mass is 289 g/mol. The molecule has 0 aliphatic carbocycles. The zero-order valence-electron chi connectivity index (χ0n) is 13.1. The van der Waals surface area contributed by atoms with Gasteiger partial charge in [0.2, 0.25) is 0 Å². The summed E-state index contributed by atoms with van der Waals surface area (Å²) >= 11 is 0. The maximum absolute atomic E-state index is 4.61. The summed E-state index contributed by atoms with van der Waals surface area (Å²) in [4.78, 5) is 14.2. The van der Waals surface area contributed by atoms with Crippen LogP contribution in [0.25, 0.3) is 0 Å². The molecule has 0 aromatic carbocycles. The third-order valence-electron chi connectivity index (χ3n) is 4.57. The SMILES string of the molecule is CCCNCc1cnc(N2CCC(N3CCCC3)C2)cn1. The average Bonchev–Trinajstić information content (AvgIpc) is 3.19. The van der Waals surface area contributed by atoms with Crippen molar-refractivity contribution in [3.8, 4) is 0 Å². The molecule has 21 heavy (non-hydrogen) atoms. The Balaban J connectivity index is 1.52. The molecule has 0 amide bonds. The van der Waals surface area contributed by atoms with Gasteiger partial charge < -0.3 is 10.2 Å². The number of anilines is 1. The van der Waals surface area contributed by atoms with E-state index in [9.17, 15) is 0 Å². The van der Waals surface area contributed by atoms with Crippen molar-refractivity contribution in [2.24, 2.45) is 0 Å². The van der Waals surface area contributed by atoms with Crippen molar-refractivity contribution in [3.05, 3.63) is 18.1 Å². The van der Waals surface area contributed by atoms with Gasteiger partial charge in [0.15, 0.2) is 0 Å². The largest absolute Gasteiger partial charge is 0.354 e. The minimum absolute atomic E-state index is 0.722. The van der Waals surface area contributed by atoms with E-state index in [1.54, 1.807) is 0 Å². The number of aromatic nitrogens is 2. The van der Waals surface area contributed by atoms with Crippen LogP contribution >= 0.6 is 0 Å². The van der Waals surface area contributed by atoms with Crippen molar-refractivity contribution in [1.29, 1.82) is 0 Å². The molecule has 0 bridgehead atoms. The molecule has 2 fully saturated rings. The molecular formula is C16H27N5. The van der Waals surface area contributed by atoms with E-state index in [1.807, 2.05) is 12.4 Å². The molecule has 3 rings (SSSR count). The van der Waals surface area contributed by atoms with E-state index in [0.29, 0.717) is 0 Å². The topological polar surface area (TPSA) is 44.3 Å². The van der Waals surface area contributed by atoms with E-state index in [0.717, 1.165) is 50.2 Å². The molecule has 116 valence electrons. The van der Waals surface area contributed by atoms with Crippen LogP contribution in [0.4, 0.5) is 5.82 Å². The van der Waals surface area contributed by atoms with E-state index >= 15 is 0 Å². The fourth-order valence-electron chi connectivity index (χ4n) is 3.35. The lowest BCUT2D eigenvalue weighted by molar-refractivity contribution is 0.260. The van der Waals surface area contributed by atoms with E-state index in [4.69, 9.17) is 0 Å². The molecule has 0 spiro atoms. The van der Waals surface area contributed by atoms with E-state index in [1.165, 1.54) is 32.4 Å². The van der Waals surface area contributed by atoms with Crippen molar-refractivity contribution in [2.45, 2.75) is 45.2 Å². The molecule has 0 radical (unpaired) electrons. The maximum Gasteiger partial charge on any atom is 0.147 e. The van der Waals surface area contributed by atoms with Crippen molar-refractivity contribution in [2.75, 3.05) is 37.6 Å². The minimum atomic E-state index is 0.722. The molecule has 2 saturated heterocycles. The van der Waals surface area contributed by atoms with Gasteiger partial charge in [-0.3, -0.25) is 9.88 Å². The normalized spacial score (nSPS) is 23.1. The van der Waals surface area contributed by atoms with Crippen LogP contribution in [0.2, 0.25) is 0 Å². The van der Waals surface area contributed by atoms with Gasteiger partial charge in [0.25, 0.3) is 0 Å². The van der Waals surface area contributed by atoms with Gasteiger partial charge in [-0.25, -0.2) is 4.98 Å². The summed E-state index contributed by atoms with van der Waals surface area (Å²) in [5.41, 5.74) is 1.03. The number of nitrogens with zero attached hydrogens (tertiary/aromatic N) is 4. The molecule has 1 aromatic heterocycles. The van der Waals surface area contributed by atoms with Crippen molar-refractivity contribution in [3.63, 3.8) is 0 Å². The second-order valence-corrected chi connectivity index (χ2v) is 6.17. The predicted octanol–water partition coefficient (Wildman–Crippen LogP) is 1.65. The summed E-state index contributed by atoms with van der Waals surface area (Å²) in [6.45, 7) is 8.82. The van der Waals surface area contributed by atoms with Gasteiger partial charge in [0, 0.05) is 25.7 Å². The van der Waals surface area contributed by atoms with Gasteiger partial charge in [0.05, 0.1) is 18.1 Å². The first-order valence-corrected chi connectivity index (χ1v) is 8.37. The molecule has 1 N–H and O–H groups in total. The molecule has 2 aliphatic rings. The Kier molecular flexibility index (Phi) is 5.04. The Hall–Kier alpha value is -1.20. The summed E-state index contributed by atoms with van der Waals surface area (Å²) < 4.78 is 0. The molecule has 1 atom stereocenters. The first-order chi connectivity index (χ1) is 10.4. The van der Waals surface area contributed by atoms with Crippen LogP contribution in [0.15, 0.2) is 12.4 Å². The van der Waals surface area contributed by atoms with Crippen LogP contribution < -0.4 is 10.2 Å². The lowest BCUT2D eigenvalue weighted by Crippen LogP contribution is -2.35. The third kappa shape index (κ3) is 3.71. The maximum atomic E-state index is 4.61. The van der Waals surface area contributed by atoms with Gasteiger partial charge in [-0.2, -0.15) is 0 Å². The summed E-state index contributed by atoms with van der Waals surface area (Å²) in [7, 11) is 0. The van der Waals surface area contributed by atoms with E-state index in [2.05, 4.69) is 32.0 Å². The molecule has 1 aromatic rings. The van der Waals surface area contributed by atoms with Crippen LogP contribution in [0.1, 0.15) is 38.3 Å². The van der Waals surface area contributed by atoms with Crippen molar-refractivity contribution < 1.29 is 0 Å². The van der Waals surface area contributed by atoms with Crippen LogP contribution in [0, 0.1) is 0 Å². The highest BCUT2D eigenvalue weighted by molar-refractivity contribution is 5.37. The molecular weight excluding hydrogens is 262 g/mol. The molecule has 0 saturated carbocycles. The Morgan fingerprint density at radius 2 is 2.05 bits per heavy atom.